The molecule has 25 heavy (non-hydrogen) atoms. The fraction of sp³-hybridized carbons (Fsp3) is 0.235. The Morgan fingerprint density at radius 3 is 2.36 bits per heavy atom. The van der Waals surface area contributed by atoms with Crippen molar-refractivity contribution in [3.8, 4) is 0 Å². The number of sulfone groups is 1. The van der Waals surface area contributed by atoms with Crippen molar-refractivity contribution in [2.75, 3.05) is 17.2 Å². The Hall–Kier alpha value is -1.96. The SMILES string of the molecule is CCS(=O)(=O)c1ccc(N2CC(O)(F)N=C2c2ccc(Cl)cc2)cc1. The lowest BCUT2D eigenvalue weighted by molar-refractivity contribution is -0.0627. The van der Waals surface area contributed by atoms with Gasteiger partial charge >= 0.3 is 5.98 Å². The average Bonchev–Trinajstić information content (AvgIpc) is 2.91. The quantitative estimate of drug-likeness (QED) is 0.825. The smallest absolute Gasteiger partial charge is 0.324 e. The van der Waals surface area contributed by atoms with E-state index in [1.165, 1.54) is 17.0 Å². The molecule has 0 saturated carbocycles. The van der Waals surface area contributed by atoms with Crippen LogP contribution in [-0.2, 0) is 9.84 Å². The summed E-state index contributed by atoms with van der Waals surface area (Å²) < 4.78 is 37.9. The Bertz CT molecular complexity index is 910. The summed E-state index contributed by atoms with van der Waals surface area (Å²) in [5.74, 6) is -2.48. The Balaban J connectivity index is 1.98. The maximum Gasteiger partial charge on any atom is 0.324 e. The molecule has 2 aromatic carbocycles. The minimum absolute atomic E-state index is 0.00221. The summed E-state index contributed by atoms with van der Waals surface area (Å²) in [7, 11) is -3.32. The Morgan fingerprint density at radius 1 is 1.20 bits per heavy atom. The van der Waals surface area contributed by atoms with Crippen molar-refractivity contribution in [3.05, 3.63) is 59.1 Å². The molecule has 1 aliphatic heterocycles. The summed E-state index contributed by atoms with van der Waals surface area (Å²) in [5, 5.41) is 10.2. The number of benzene rings is 2. The van der Waals surface area contributed by atoms with Crippen LogP contribution in [0.2, 0.25) is 5.02 Å². The van der Waals surface area contributed by atoms with Crippen LogP contribution in [0.4, 0.5) is 10.1 Å². The van der Waals surface area contributed by atoms with E-state index in [2.05, 4.69) is 4.99 Å². The molecule has 5 nitrogen and oxygen atoms in total. The van der Waals surface area contributed by atoms with E-state index in [0.717, 1.165) is 0 Å². The van der Waals surface area contributed by atoms with E-state index < -0.39 is 15.8 Å². The van der Waals surface area contributed by atoms with Gasteiger partial charge in [0, 0.05) is 16.3 Å². The van der Waals surface area contributed by atoms with Crippen LogP contribution >= 0.6 is 11.6 Å². The third-order valence-electron chi connectivity index (χ3n) is 3.88. The summed E-state index contributed by atoms with van der Waals surface area (Å²) in [4.78, 5) is 5.42. The molecule has 1 N–H and O–H groups in total. The van der Waals surface area contributed by atoms with Gasteiger partial charge in [0.15, 0.2) is 9.84 Å². The summed E-state index contributed by atoms with van der Waals surface area (Å²) in [6, 6.07) is 12.7. The second kappa shape index (κ2) is 6.40. The fourth-order valence-electron chi connectivity index (χ4n) is 2.57. The first kappa shape index (κ1) is 17.8. The first-order valence-electron chi connectivity index (χ1n) is 7.59. The number of halogens is 2. The van der Waals surface area contributed by atoms with Gasteiger partial charge in [0.05, 0.1) is 10.6 Å². The van der Waals surface area contributed by atoms with Crippen LogP contribution in [0.1, 0.15) is 12.5 Å². The third-order valence-corrected chi connectivity index (χ3v) is 5.88. The molecule has 1 heterocycles. The van der Waals surface area contributed by atoms with Gasteiger partial charge in [0.25, 0.3) is 0 Å². The van der Waals surface area contributed by atoms with Gasteiger partial charge in [-0.25, -0.2) is 13.4 Å². The van der Waals surface area contributed by atoms with Crippen molar-refractivity contribution < 1.29 is 17.9 Å². The molecule has 8 heteroatoms. The van der Waals surface area contributed by atoms with E-state index in [0.29, 0.717) is 16.3 Å². The van der Waals surface area contributed by atoms with Crippen LogP contribution in [0, 0.1) is 0 Å². The highest BCUT2D eigenvalue weighted by molar-refractivity contribution is 7.91. The number of alkyl halides is 1. The van der Waals surface area contributed by atoms with Gasteiger partial charge in [-0.15, -0.1) is 0 Å². The summed E-state index contributed by atoms with van der Waals surface area (Å²) >= 11 is 5.87. The number of rotatable bonds is 4. The van der Waals surface area contributed by atoms with E-state index in [4.69, 9.17) is 11.6 Å². The molecular formula is C17H16ClFN2O3S. The van der Waals surface area contributed by atoms with Crippen molar-refractivity contribution in [2.24, 2.45) is 4.99 Å². The zero-order valence-electron chi connectivity index (χ0n) is 13.4. The Labute approximate surface area is 150 Å². The number of amidine groups is 1. The van der Waals surface area contributed by atoms with Gasteiger partial charge in [-0.1, -0.05) is 18.5 Å². The van der Waals surface area contributed by atoms with Crippen LogP contribution in [0.15, 0.2) is 58.4 Å². The standard InChI is InChI=1S/C17H16ClFN2O3S/c1-2-25(23,24)15-9-7-14(8-10-15)21-11-17(19,22)20-16(21)12-3-5-13(18)6-4-12/h3-10,22H,2,11H2,1H3. The van der Waals surface area contributed by atoms with E-state index in [9.17, 15) is 17.9 Å². The second-order valence-electron chi connectivity index (χ2n) is 5.64. The molecule has 1 aliphatic rings. The molecule has 1 unspecified atom stereocenters. The number of hydrogen-bond acceptors (Lipinski definition) is 5. The highest BCUT2D eigenvalue weighted by atomic mass is 35.5. The number of aliphatic hydroxyl groups is 1. The normalized spacial score (nSPS) is 20.6. The zero-order chi connectivity index (χ0) is 18.2. The highest BCUT2D eigenvalue weighted by Gasteiger charge is 2.38. The van der Waals surface area contributed by atoms with Gasteiger partial charge < -0.3 is 10.0 Å². The van der Waals surface area contributed by atoms with Crippen molar-refractivity contribution in [1.82, 2.24) is 0 Å². The lowest BCUT2D eigenvalue weighted by Gasteiger charge is -2.21. The Morgan fingerprint density at radius 2 is 1.80 bits per heavy atom. The predicted molar refractivity (Wildman–Crippen MR) is 95.6 cm³/mol. The van der Waals surface area contributed by atoms with E-state index in [1.54, 1.807) is 43.3 Å². The molecule has 0 saturated heterocycles. The maximum absolute atomic E-state index is 14.1. The van der Waals surface area contributed by atoms with Gasteiger partial charge in [-0.2, -0.15) is 4.39 Å². The second-order valence-corrected chi connectivity index (χ2v) is 8.36. The zero-order valence-corrected chi connectivity index (χ0v) is 14.9. The molecule has 3 rings (SSSR count). The molecule has 0 amide bonds. The minimum Gasteiger partial charge on any atom is -0.342 e. The number of β-amino-alcohol motifs (C(OH)–C–C–N with tert-alkyl or cyclic N) is 1. The van der Waals surface area contributed by atoms with Crippen LogP contribution in [0.3, 0.4) is 0 Å². The molecule has 0 fully saturated rings. The van der Waals surface area contributed by atoms with Crippen molar-refractivity contribution in [3.63, 3.8) is 0 Å². The van der Waals surface area contributed by atoms with Gasteiger partial charge in [-0.3, -0.25) is 0 Å². The largest absolute Gasteiger partial charge is 0.342 e. The average molecular weight is 383 g/mol. The van der Waals surface area contributed by atoms with Crippen molar-refractivity contribution in [2.45, 2.75) is 17.8 Å². The molecular weight excluding hydrogens is 367 g/mol. The lowest BCUT2D eigenvalue weighted by atomic mass is 10.2. The summed E-state index contributed by atoms with van der Waals surface area (Å²) in [6.07, 6.45) is 0. The lowest BCUT2D eigenvalue weighted by Crippen LogP contribution is -2.33. The predicted octanol–water partition coefficient (Wildman–Crippen LogP) is 3.02. The monoisotopic (exact) mass is 382 g/mol. The first-order valence-corrected chi connectivity index (χ1v) is 9.62. The molecule has 1 atom stereocenters. The van der Waals surface area contributed by atoms with Crippen LogP contribution in [-0.4, -0.2) is 37.6 Å². The van der Waals surface area contributed by atoms with Crippen LogP contribution in [0.5, 0.6) is 0 Å². The van der Waals surface area contributed by atoms with Crippen molar-refractivity contribution in [1.29, 1.82) is 0 Å². The fourth-order valence-corrected chi connectivity index (χ4v) is 3.58. The molecule has 0 spiro atoms. The number of nitrogens with zero attached hydrogens (tertiary/aromatic N) is 2. The Kier molecular flexibility index (Phi) is 4.57. The molecule has 0 aliphatic carbocycles. The van der Waals surface area contributed by atoms with Crippen LogP contribution in [0.25, 0.3) is 0 Å². The van der Waals surface area contributed by atoms with Crippen molar-refractivity contribution >= 4 is 33.0 Å². The number of anilines is 1. The first-order chi connectivity index (χ1) is 11.7. The molecule has 2 aromatic rings. The van der Waals surface area contributed by atoms with Gasteiger partial charge in [0.2, 0.25) is 0 Å². The number of aliphatic imine (C=N–C) groups is 1. The third kappa shape index (κ3) is 3.68. The topological polar surface area (TPSA) is 70.0 Å². The van der Waals surface area contributed by atoms with E-state index >= 15 is 0 Å². The maximum atomic E-state index is 14.1. The molecule has 0 bridgehead atoms. The highest BCUT2D eigenvalue weighted by Crippen LogP contribution is 2.30. The number of hydrogen-bond donors (Lipinski definition) is 1. The summed E-state index contributed by atoms with van der Waals surface area (Å²) in [6.45, 7) is 1.18. The minimum atomic E-state index is -3.32. The van der Waals surface area contributed by atoms with Gasteiger partial charge in [0.1, 0.15) is 12.4 Å². The van der Waals surface area contributed by atoms with Crippen LogP contribution < -0.4 is 4.90 Å². The summed E-state index contributed by atoms with van der Waals surface area (Å²) in [5.41, 5.74) is 1.11. The molecule has 0 aromatic heterocycles. The molecule has 0 radical (unpaired) electrons. The van der Waals surface area contributed by atoms with Gasteiger partial charge in [-0.05, 0) is 48.5 Å². The van der Waals surface area contributed by atoms with E-state index in [-0.39, 0.29) is 23.0 Å². The van der Waals surface area contributed by atoms with E-state index in [1.807, 2.05) is 0 Å². The molecule has 132 valence electrons.